The van der Waals surface area contributed by atoms with Crippen LogP contribution in [0.3, 0.4) is 0 Å². The summed E-state index contributed by atoms with van der Waals surface area (Å²) in [5.41, 5.74) is 6.15. The lowest BCUT2D eigenvalue weighted by molar-refractivity contribution is 0.0691. The van der Waals surface area contributed by atoms with E-state index >= 15 is 0 Å². The molecule has 0 saturated heterocycles. The SMILES string of the molecule is Nc1ccc(C(=O)NCc2nc(C(=O)O)cs2)nc1. The maximum Gasteiger partial charge on any atom is 0.355 e. The highest BCUT2D eigenvalue weighted by Crippen LogP contribution is 2.09. The Morgan fingerprint density at radius 3 is 2.74 bits per heavy atom. The second-order valence-corrected chi connectivity index (χ2v) is 4.53. The van der Waals surface area contributed by atoms with E-state index in [9.17, 15) is 9.59 Å². The minimum Gasteiger partial charge on any atom is -0.476 e. The second kappa shape index (κ2) is 5.44. The topological polar surface area (TPSA) is 118 Å². The summed E-state index contributed by atoms with van der Waals surface area (Å²) >= 11 is 1.17. The van der Waals surface area contributed by atoms with Gasteiger partial charge in [0.05, 0.1) is 18.4 Å². The van der Waals surface area contributed by atoms with Crippen LogP contribution < -0.4 is 11.1 Å². The second-order valence-electron chi connectivity index (χ2n) is 3.59. The molecule has 8 heteroatoms. The average molecular weight is 278 g/mol. The normalized spacial score (nSPS) is 10.1. The lowest BCUT2D eigenvalue weighted by atomic mass is 10.3. The lowest BCUT2D eigenvalue weighted by Gasteiger charge is -2.02. The highest BCUT2D eigenvalue weighted by Gasteiger charge is 2.11. The van der Waals surface area contributed by atoms with Crippen molar-refractivity contribution in [2.45, 2.75) is 6.54 Å². The van der Waals surface area contributed by atoms with Crippen LogP contribution in [0.25, 0.3) is 0 Å². The molecule has 19 heavy (non-hydrogen) atoms. The molecule has 0 unspecified atom stereocenters. The smallest absolute Gasteiger partial charge is 0.355 e. The van der Waals surface area contributed by atoms with Gasteiger partial charge in [0.1, 0.15) is 10.7 Å². The molecule has 0 saturated carbocycles. The number of anilines is 1. The van der Waals surface area contributed by atoms with Crippen LogP contribution in [-0.4, -0.2) is 27.0 Å². The number of carbonyl (C=O) groups is 2. The van der Waals surface area contributed by atoms with Gasteiger partial charge in [0.15, 0.2) is 5.69 Å². The number of carbonyl (C=O) groups excluding carboxylic acids is 1. The number of nitrogens with one attached hydrogen (secondary N) is 1. The molecule has 7 nitrogen and oxygen atoms in total. The molecule has 0 aromatic carbocycles. The minimum atomic E-state index is -1.09. The molecule has 4 N–H and O–H groups in total. The van der Waals surface area contributed by atoms with Crippen LogP contribution in [0.4, 0.5) is 5.69 Å². The van der Waals surface area contributed by atoms with Crippen molar-refractivity contribution in [3.8, 4) is 0 Å². The summed E-state index contributed by atoms with van der Waals surface area (Å²) in [6.45, 7) is 0.156. The molecule has 2 rings (SSSR count). The summed E-state index contributed by atoms with van der Waals surface area (Å²) in [5.74, 6) is -1.46. The Morgan fingerprint density at radius 2 is 2.16 bits per heavy atom. The number of rotatable bonds is 4. The number of hydrogen-bond acceptors (Lipinski definition) is 6. The van der Waals surface area contributed by atoms with Crippen molar-refractivity contribution in [1.82, 2.24) is 15.3 Å². The first-order valence-corrected chi connectivity index (χ1v) is 6.11. The fraction of sp³-hybridized carbons (Fsp3) is 0.0909. The average Bonchev–Trinajstić information content (AvgIpc) is 2.86. The lowest BCUT2D eigenvalue weighted by Crippen LogP contribution is -2.23. The van der Waals surface area contributed by atoms with Gasteiger partial charge in [-0.2, -0.15) is 0 Å². The van der Waals surface area contributed by atoms with Crippen molar-refractivity contribution in [1.29, 1.82) is 0 Å². The van der Waals surface area contributed by atoms with E-state index in [0.717, 1.165) is 0 Å². The third-order valence-corrected chi connectivity index (χ3v) is 3.04. The maximum absolute atomic E-state index is 11.7. The quantitative estimate of drug-likeness (QED) is 0.759. The van der Waals surface area contributed by atoms with Crippen LogP contribution in [0.1, 0.15) is 26.0 Å². The van der Waals surface area contributed by atoms with Gasteiger partial charge >= 0.3 is 5.97 Å². The highest BCUT2D eigenvalue weighted by atomic mass is 32.1. The van der Waals surface area contributed by atoms with E-state index < -0.39 is 5.97 Å². The fourth-order valence-corrected chi connectivity index (χ4v) is 1.98. The van der Waals surface area contributed by atoms with Crippen LogP contribution in [0.5, 0.6) is 0 Å². The predicted octanol–water partition coefficient (Wildman–Crippen LogP) is 0.749. The Morgan fingerprint density at radius 1 is 1.37 bits per heavy atom. The predicted molar refractivity (Wildman–Crippen MR) is 68.9 cm³/mol. The van der Waals surface area contributed by atoms with Crippen molar-refractivity contribution >= 4 is 28.9 Å². The van der Waals surface area contributed by atoms with Crippen molar-refractivity contribution in [2.75, 3.05) is 5.73 Å². The van der Waals surface area contributed by atoms with Gasteiger partial charge in [-0.15, -0.1) is 11.3 Å². The first-order chi connectivity index (χ1) is 9.06. The van der Waals surface area contributed by atoms with Crippen LogP contribution in [0.15, 0.2) is 23.7 Å². The van der Waals surface area contributed by atoms with Crippen LogP contribution >= 0.6 is 11.3 Å². The van der Waals surface area contributed by atoms with Gasteiger partial charge in [0.2, 0.25) is 0 Å². The molecule has 0 radical (unpaired) electrons. The summed E-state index contributed by atoms with van der Waals surface area (Å²) in [6, 6.07) is 3.09. The van der Waals surface area contributed by atoms with Crippen LogP contribution in [0.2, 0.25) is 0 Å². The zero-order valence-corrected chi connectivity index (χ0v) is 10.5. The number of thiazole rings is 1. The monoisotopic (exact) mass is 278 g/mol. The summed E-state index contributed by atoms with van der Waals surface area (Å²) in [7, 11) is 0. The zero-order chi connectivity index (χ0) is 13.8. The van der Waals surface area contributed by atoms with E-state index in [4.69, 9.17) is 10.8 Å². The molecule has 0 spiro atoms. The van der Waals surface area contributed by atoms with E-state index in [1.807, 2.05) is 0 Å². The molecule has 0 aliphatic rings. The first kappa shape index (κ1) is 13.0. The minimum absolute atomic E-state index is 0.0279. The van der Waals surface area contributed by atoms with Crippen LogP contribution in [0, 0.1) is 0 Å². The number of aromatic nitrogens is 2. The molecule has 2 aromatic heterocycles. The Labute approximate surface area is 112 Å². The summed E-state index contributed by atoms with van der Waals surface area (Å²) in [5, 5.41) is 13.3. The number of pyridine rings is 1. The molecular weight excluding hydrogens is 268 g/mol. The number of aromatic carboxylic acids is 1. The third kappa shape index (κ3) is 3.26. The van der Waals surface area contributed by atoms with Gasteiger partial charge in [-0.25, -0.2) is 14.8 Å². The molecule has 1 amide bonds. The summed E-state index contributed by atoms with van der Waals surface area (Å²) in [4.78, 5) is 30.1. The van der Waals surface area contributed by atoms with Crippen molar-refractivity contribution in [3.05, 3.63) is 40.1 Å². The summed E-state index contributed by atoms with van der Waals surface area (Å²) in [6.07, 6.45) is 1.39. The zero-order valence-electron chi connectivity index (χ0n) is 9.66. The van der Waals surface area contributed by atoms with E-state index in [1.54, 1.807) is 6.07 Å². The number of nitrogen functional groups attached to an aromatic ring is 1. The highest BCUT2D eigenvalue weighted by molar-refractivity contribution is 7.09. The third-order valence-electron chi connectivity index (χ3n) is 2.19. The Kier molecular flexibility index (Phi) is 3.71. The molecule has 0 bridgehead atoms. The van der Waals surface area contributed by atoms with Crippen molar-refractivity contribution in [3.63, 3.8) is 0 Å². The Hall–Kier alpha value is -2.48. The van der Waals surface area contributed by atoms with Crippen LogP contribution in [-0.2, 0) is 6.54 Å². The largest absolute Gasteiger partial charge is 0.476 e. The molecule has 0 atom stereocenters. The van der Waals surface area contributed by atoms with Gasteiger partial charge < -0.3 is 16.2 Å². The molecule has 0 aliphatic carbocycles. The number of carboxylic acids is 1. The molecule has 0 aliphatic heterocycles. The van der Waals surface area contributed by atoms with Gasteiger partial charge in [0.25, 0.3) is 5.91 Å². The number of nitrogens with two attached hydrogens (primary N) is 1. The molecular formula is C11H10N4O3S. The van der Waals surface area contributed by atoms with Gasteiger partial charge in [-0.3, -0.25) is 4.79 Å². The van der Waals surface area contributed by atoms with E-state index in [2.05, 4.69) is 15.3 Å². The van der Waals surface area contributed by atoms with E-state index in [1.165, 1.54) is 29.0 Å². The molecule has 2 aromatic rings. The number of carboxylic acid groups (broad SMARTS) is 1. The number of amides is 1. The molecule has 0 fully saturated rings. The van der Waals surface area contributed by atoms with Crippen molar-refractivity contribution in [2.24, 2.45) is 0 Å². The number of nitrogens with zero attached hydrogens (tertiary/aromatic N) is 2. The van der Waals surface area contributed by atoms with E-state index in [-0.39, 0.29) is 23.8 Å². The number of hydrogen-bond donors (Lipinski definition) is 3. The van der Waals surface area contributed by atoms with Gasteiger partial charge in [0, 0.05) is 5.38 Å². The maximum atomic E-state index is 11.7. The van der Waals surface area contributed by atoms with Crippen molar-refractivity contribution < 1.29 is 14.7 Å². The Balaban J connectivity index is 1.96. The fourth-order valence-electron chi connectivity index (χ4n) is 1.28. The van der Waals surface area contributed by atoms with E-state index in [0.29, 0.717) is 10.7 Å². The molecule has 2 heterocycles. The first-order valence-electron chi connectivity index (χ1n) is 5.23. The molecule has 98 valence electrons. The van der Waals surface area contributed by atoms with Gasteiger partial charge in [-0.1, -0.05) is 0 Å². The Bertz CT molecular complexity index is 609. The standard InChI is InChI=1S/C11H10N4O3S/c12-6-1-2-7(13-3-6)10(16)14-4-9-15-8(5-19-9)11(17)18/h1-3,5H,4,12H2,(H,14,16)(H,17,18). The van der Waals surface area contributed by atoms with Gasteiger partial charge in [-0.05, 0) is 12.1 Å². The summed E-state index contributed by atoms with van der Waals surface area (Å²) < 4.78 is 0.